The molecule has 0 aliphatic heterocycles. The molecule has 0 spiro atoms. The molecule has 0 atom stereocenters. The van der Waals surface area contributed by atoms with Gasteiger partial charge in [0.1, 0.15) is 5.75 Å². The van der Waals surface area contributed by atoms with Gasteiger partial charge in [0.2, 0.25) is 5.91 Å². The lowest BCUT2D eigenvalue weighted by atomic mass is 10.2. The van der Waals surface area contributed by atoms with Gasteiger partial charge in [-0.3, -0.25) is 4.79 Å². The van der Waals surface area contributed by atoms with Gasteiger partial charge in [-0.25, -0.2) is 0 Å². The summed E-state index contributed by atoms with van der Waals surface area (Å²) in [5.74, 6) is 0.709. The van der Waals surface area contributed by atoms with Gasteiger partial charge in [-0.15, -0.1) is 0 Å². The molecule has 0 radical (unpaired) electrons. The summed E-state index contributed by atoms with van der Waals surface area (Å²) in [6.45, 7) is 3.02. The molecule has 1 aromatic carbocycles. The molecule has 0 unspecified atom stereocenters. The number of hydrogen-bond donors (Lipinski definition) is 0. The minimum Gasteiger partial charge on any atom is -0.494 e. The Morgan fingerprint density at radius 2 is 2.11 bits per heavy atom. The summed E-state index contributed by atoms with van der Waals surface area (Å²) in [7, 11) is 1.68. The molecule has 1 aromatic rings. The second-order valence-corrected chi connectivity index (χ2v) is 4.00. The molecule has 0 saturated heterocycles. The van der Waals surface area contributed by atoms with Crippen LogP contribution in [0.4, 0.5) is 0 Å². The fourth-order valence-electron chi connectivity index (χ4n) is 1.46. The highest BCUT2D eigenvalue weighted by Gasteiger charge is 2.03. The summed E-state index contributed by atoms with van der Waals surface area (Å²) in [4.78, 5) is 13.2. The summed E-state index contributed by atoms with van der Waals surface area (Å²) in [5, 5.41) is 8.46. The van der Waals surface area contributed by atoms with Gasteiger partial charge in [-0.2, -0.15) is 5.26 Å². The highest BCUT2D eigenvalue weighted by atomic mass is 16.5. The number of carbonyl (C=O) groups is 1. The lowest BCUT2D eigenvalue weighted by Crippen LogP contribution is -2.25. The predicted octanol–water partition coefficient (Wildman–Crippen LogP) is 2.47. The second-order valence-electron chi connectivity index (χ2n) is 4.00. The van der Waals surface area contributed by atoms with Crippen molar-refractivity contribution < 1.29 is 9.53 Å². The van der Waals surface area contributed by atoms with Crippen LogP contribution < -0.4 is 4.74 Å². The minimum atomic E-state index is -0.107. The van der Waals surface area contributed by atoms with Crippen molar-refractivity contribution in [2.45, 2.75) is 13.3 Å². The molecule has 0 fully saturated rings. The van der Waals surface area contributed by atoms with Crippen molar-refractivity contribution in [3.63, 3.8) is 0 Å². The van der Waals surface area contributed by atoms with E-state index < -0.39 is 0 Å². The predicted molar refractivity (Wildman–Crippen MR) is 74.5 cm³/mol. The van der Waals surface area contributed by atoms with E-state index in [1.54, 1.807) is 13.1 Å². The van der Waals surface area contributed by atoms with Crippen molar-refractivity contribution in [2.75, 3.05) is 20.2 Å². The van der Waals surface area contributed by atoms with E-state index in [2.05, 4.69) is 0 Å². The Balaban J connectivity index is 2.56. The molecule has 19 heavy (non-hydrogen) atoms. The van der Waals surface area contributed by atoms with Crippen LogP contribution in [0.1, 0.15) is 18.9 Å². The van der Waals surface area contributed by atoms with Gasteiger partial charge in [0.25, 0.3) is 0 Å². The molecule has 0 aliphatic carbocycles. The third-order valence-corrected chi connectivity index (χ3v) is 2.54. The molecule has 0 aliphatic rings. The number of hydrogen-bond acceptors (Lipinski definition) is 3. The third-order valence-electron chi connectivity index (χ3n) is 2.54. The summed E-state index contributed by atoms with van der Waals surface area (Å²) in [6.07, 6.45) is 3.60. The fourth-order valence-corrected chi connectivity index (χ4v) is 1.46. The largest absolute Gasteiger partial charge is 0.494 e. The van der Waals surface area contributed by atoms with E-state index in [0.29, 0.717) is 19.6 Å². The van der Waals surface area contributed by atoms with Crippen LogP contribution in [0.2, 0.25) is 0 Å². The first-order valence-electron chi connectivity index (χ1n) is 6.20. The summed E-state index contributed by atoms with van der Waals surface area (Å²) in [6, 6.07) is 9.54. The van der Waals surface area contributed by atoms with Crippen LogP contribution in [0, 0.1) is 11.3 Å². The Hall–Kier alpha value is -2.28. The van der Waals surface area contributed by atoms with E-state index >= 15 is 0 Å². The first-order chi connectivity index (χ1) is 9.17. The van der Waals surface area contributed by atoms with E-state index in [0.717, 1.165) is 11.3 Å². The van der Waals surface area contributed by atoms with E-state index in [4.69, 9.17) is 10.00 Å². The third kappa shape index (κ3) is 5.26. The van der Waals surface area contributed by atoms with Gasteiger partial charge in [0.15, 0.2) is 0 Å². The highest BCUT2D eigenvalue weighted by molar-refractivity contribution is 5.91. The first-order valence-corrected chi connectivity index (χ1v) is 6.20. The number of carbonyl (C=O) groups excluding carboxylic acids is 1. The molecule has 100 valence electrons. The fraction of sp³-hybridized carbons (Fsp3) is 0.333. The summed E-state index contributed by atoms with van der Waals surface area (Å²) >= 11 is 0. The number of nitrogens with zero attached hydrogens (tertiary/aromatic N) is 2. The Morgan fingerprint density at radius 3 is 2.68 bits per heavy atom. The molecule has 0 aromatic heterocycles. The molecule has 0 bridgehead atoms. The van der Waals surface area contributed by atoms with Crippen LogP contribution >= 0.6 is 0 Å². The number of likely N-dealkylation sites (N-methyl/N-ethyl adjacent to an activating group) is 1. The normalized spacial score (nSPS) is 10.2. The number of ether oxygens (including phenoxy) is 1. The van der Waals surface area contributed by atoms with Crippen LogP contribution in [0.3, 0.4) is 0 Å². The van der Waals surface area contributed by atoms with Crippen molar-refractivity contribution in [1.82, 2.24) is 4.90 Å². The minimum absolute atomic E-state index is 0.107. The van der Waals surface area contributed by atoms with Crippen molar-refractivity contribution in [3.05, 3.63) is 35.9 Å². The van der Waals surface area contributed by atoms with Crippen LogP contribution in [-0.4, -0.2) is 31.0 Å². The van der Waals surface area contributed by atoms with E-state index in [1.807, 2.05) is 37.3 Å². The number of amides is 1. The maximum absolute atomic E-state index is 11.7. The van der Waals surface area contributed by atoms with Gasteiger partial charge in [-0.1, -0.05) is 12.1 Å². The Morgan fingerprint density at radius 1 is 1.42 bits per heavy atom. The lowest BCUT2D eigenvalue weighted by molar-refractivity contribution is -0.124. The van der Waals surface area contributed by atoms with Crippen LogP contribution in [0.15, 0.2) is 30.3 Å². The van der Waals surface area contributed by atoms with Gasteiger partial charge < -0.3 is 9.64 Å². The standard InChI is InChI=1S/C15H18N2O2/c1-3-19-14-8-5-13(6-9-14)7-10-15(18)17(2)12-4-11-16/h5-10H,3-4,12H2,1-2H3/b10-7+. The van der Waals surface area contributed by atoms with Gasteiger partial charge in [-0.05, 0) is 30.7 Å². The van der Waals surface area contributed by atoms with Crippen LogP contribution in [0.25, 0.3) is 6.08 Å². The van der Waals surface area contributed by atoms with Crippen molar-refractivity contribution in [2.24, 2.45) is 0 Å². The zero-order chi connectivity index (χ0) is 14.1. The Labute approximate surface area is 113 Å². The number of benzene rings is 1. The summed E-state index contributed by atoms with van der Waals surface area (Å²) in [5.41, 5.74) is 0.936. The van der Waals surface area contributed by atoms with Crippen LogP contribution in [-0.2, 0) is 4.79 Å². The SMILES string of the molecule is CCOc1ccc(/C=C/C(=O)N(C)CCC#N)cc1. The maximum Gasteiger partial charge on any atom is 0.246 e. The van der Waals surface area contributed by atoms with Crippen molar-refractivity contribution >= 4 is 12.0 Å². The van der Waals surface area contributed by atoms with Crippen LogP contribution in [0.5, 0.6) is 5.75 Å². The van der Waals surface area contributed by atoms with Gasteiger partial charge >= 0.3 is 0 Å². The van der Waals surface area contributed by atoms with Crippen molar-refractivity contribution in [1.29, 1.82) is 5.26 Å². The maximum atomic E-state index is 11.7. The first kappa shape index (κ1) is 14.8. The smallest absolute Gasteiger partial charge is 0.246 e. The second kappa shape index (κ2) is 7.93. The molecule has 0 N–H and O–H groups in total. The quantitative estimate of drug-likeness (QED) is 0.736. The highest BCUT2D eigenvalue weighted by Crippen LogP contribution is 2.13. The zero-order valence-electron chi connectivity index (χ0n) is 11.3. The lowest BCUT2D eigenvalue weighted by Gasteiger charge is -2.12. The van der Waals surface area contributed by atoms with Gasteiger partial charge in [0, 0.05) is 19.7 Å². The zero-order valence-corrected chi connectivity index (χ0v) is 11.3. The average Bonchev–Trinajstić information content (AvgIpc) is 2.44. The Bertz CT molecular complexity index is 472. The molecule has 0 heterocycles. The molecular weight excluding hydrogens is 240 g/mol. The number of rotatable bonds is 6. The summed E-state index contributed by atoms with van der Waals surface area (Å²) < 4.78 is 5.34. The van der Waals surface area contributed by atoms with Gasteiger partial charge in [0.05, 0.1) is 19.1 Å². The molecule has 4 nitrogen and oxygen atoms in total. The number of nitriles is 1. The van der Waals surface area contributed by atoms with E-state index in [-0.39, 0.29) is 5.91 Å². The monoisotopic (exact) mass is 258 g/mol. The Kier molecular flexibility index (Phi) is 6.17. The molecule has 0 saturated carbocycles. The van der Waals surface area contributed by atoms with E-state index in [9.17, 15) is 4.79 Å². The topological polar surface area (TPSA) is 53.3 Å². The van der Waals surface area contributed by atoms with Crippen molar-refractivity contribution in [3.8, 4) is 11.8 Å². The molecule has 1 amide bonds. The van der Waals surface area contributed by atoms with E-state index in [1.165, 1.54) is 11.0 Å². The average molecular weight is 258 g/mol. The molecular formula is C15H18N2O2. The molecule has 4 heteroatoms. The molecule has 1 rings (SSSR count).